The molecule has 1 fully saturated rings. The quantitative estimate of drug-likeness (QED) is 0.780. The molecule has 1 saturated heterocycles. The number of benzene rings is 1. The van der Waals surface area contributed by atoms with Crippen molar-refractivity contribution in [3.8, 4) is 17.0 Å². The summed E-state index contributed by atoms with van der Waals surface area (Å²) in [7, 11) is 0. The molecule has 0 atom stereocenters. The third-order valence-corrected chi connectivity index (χ3v) is 4.26. The van der Waals surface area contributed by atoms with Crippen molar-refractivity contribution >= 4 is 16.7 Å². The molecule has 0 amide bonds. The van der Waals surface area contributed by atoms with Gasteiger partial charge in [0.2, 0.25) is 0 Å². The molecule has 128 valence electrons. The lowest BCUT2D eigenvalue weighted by atomic mass is 10.1. The first-order valence-electron chi connectivity index (χ1n) is 8.50. The maximum atomic E-state index is 5.67. The van der Waals surface area contributed by atoms with E-state index in [9.17, 15) is 0 Å². The molecule has 1 aliphatic heterocycles. The van der Waals surface area contributed by atoms with Gasteiger partial charge in [0, 0.05) is 49.4 Å². The number of piperazine rings is 1. The molecular formula is C18H20N6O. The normalized spacial score (nSPS) is 14.7. The summed E-state index contributed by atoms with van der Waals surface area (Å²) in [6.45, 7) is 6.41. The maximum absolute atomic E-state index is 5.67. The molecule has 1 aromatic carbocycles. The van der Waals surface area contributed by atoms with Gasteiger partial charge in [-0.25, -0.2) is 15.0 Å². The van der Waals surface area contributed by atoms with E-state index in [0.717, 1.165) is 59.9 Å². The van der Waals surface area contributed by atoms with Crippen molar-refractivity contribution in [3.05, 3.63) is 37.1 Å². The first-order chi connectivity index (χ1) is 12.3. The Labute approximate surface area is 146 Å². The van der Waals surface area contributed by atoms with Crippen LogP contribution in [0.5, 0.6) is 5.75 Å². The minimum atomic E-state index is 0.601. The minimum Gasteiger partial charge on any atom is -0.494 e. The second-order valence-electron chi connectivity index (χ2n) is 5.86. The predicted molar refractivity (Wildman–Crippen MR) is 96.8 cm³/mol. The fourth-order valence-electron chi connectivity index (χ4n) is 3.04. The van der Waals surface area contributed by atoms with Crippen LogP contribution in [0.2, 0.25) is 0 Å². The van der Waals surface area contributed by atoms with Crippen LogP contribution >= 0.6 is 0 Å². The number of rotatable bonds is 4. The number of ether oxygens (including phenoxy) is 1. The minimum absolute atomic E-state index is 0.601. The van der Waals surface area contributed by atoms with Gasteiger partial charge in [-0.2, -0.15) is 0 Å². The summed E-state index contributed by atoms with van der Waals surface area (Å²) in [6.07, 6.45) is 7.00. The second-order valence-corrected chi connectivity index (χ2v) is 5.86. The zero-order valence-electron chi connectivity index (χ0n) is 14.1. The van der Waals surface area contributed by atoms with Gasteiger partial charge in [-0.05, 0) is 13.0 Å². The van der Waals surface area contributed by atoms with Crippen LogP contribution in [-0.2, 0) is 0 Å². The fourth-order valence-corrected chi connectivity index (χ4v) is 3.04. The summed E-state index contributed by atoms with van der Waals surface area (Å²) in [5, 5.41) is 4.28. The number of fused-ring (bicyclic) bond motifs is 1. The van der Waals surface area contributed by atoms with E-state index in [1.165, 1.54) is 0 Å². The Bertz CT molecular complexity index is 861. The van der Waals surface area contributed by atoms with E-state index in [-0.39, 0.29) is 0 Å². The van der Waals surface area contributed by atoms with Gasteiger partial charge in [-0.15, -0.1) is 0 Å². The molecule has 0 bridgehead atoms. The van der Waals surface area contributed by atoms with Crippen molar-refractivity contribution in [1.82, 2.24) is 25.3 Å². The Morgan fingerprint density at radius 1 is 1.08 bits per heavy atom. The van der Waals surface area contributed by atoms with Crippen molar-refractivity contribution in [2.45, 2.75) is 6.92 Å². The molecule has 0 unspecified atom stereocenters. The van der Waals surface area contributed by atoms with E-state index >= 15 is 0 Å². The van der Waals surface area contributed by atoms with Gasteiger partial charge in [0.1, 0.15) is 17.9 Å². The highest BCUT2D eigenvalue weighted by molar-refractivity contribution is 5.94. The molecule has 0 radical (unpaired) electrons. The lowest BCUT2D eigenvalue weighted by Crippen LogP contribution is -2.43. The van der Waals surface area contributed by atoms with Crippen LogP contribution in [0.25, 0.3) is 22.2 Å². The molecule has 1 N–H and O–H groups in total. The van der Waals surface area contributed by atoms with Crippen molar-refractivity contribution in [2.24, 2.45) is 0 Å². The third kappa shape index (κ3) is 3.23. The molecule has 0 aliphatic carbocycles. The van der Waals surface area contributed by atoms with Crippen molar-refractivity contribution in [1.29, 1.82) is 0 Å². The number of hydrogen-bond acceptors (Lipinski definition) is 7. The summed E-state index contributed by atoms with van der Waals surface area (Å²) in [5.41, 5.74) is 2.56. The summed E-state index contributed by atoms with van der Waals surface area (Å²) >= 11 is 0. The third-order valence-electron chi connectivity index (χ3n) is 4.26. The van der Waals surface area contributed by atoms with Crippen LogP contribution in [0.15, 0.2) is 37.1 Å². The van der Waals surface area contributed by atoms with Crippen molar-refractivity contribution < 1.29 is 4.74 Å². The van der Waals surface area contributed by atoms with E-state index < -0.39 is 0 Å². The van der Waals surface area contributed by atoms with E-state index in [0.29, 0.717) is 6.61 Å². The molecular weight excluding hydrogens is 316 g/mol. The summed E-state index contributed by atoms with van der Waals surface area (Å²) in [5.74, 6) is 1.68. The predicted octanol–water partition coefficient (Wildman–Crippen LogP) is 1.90. The smallest absolute Gasteiger partial charge is 0.147 e. The average molecular weight is 336 g/mol. The molecule has 3 heterocycles. The van der Waals surface area contributed by atoms with Crippen LogP contribution in [0.1, 0.15) is 6.92 Å². The lowest BCUT2D eigenvalue weighted by molar-refractivity contribution is 0.341. The standard InChI is InChI=1S/C18H20N6O/c1-2-25-13-7-14(15-9-20-12-23-16(15)8-13)17-10-22-18(11-21-17)24-5-3-19-4-6-24/h7-12,19H,2-6H2,1H3. The van der Waals surface area contributed by atoms with Crippen molar-refractivity contribution in [2.75, 3.05) is 37.7 Å². The molecule has 0 saturated carbocycles. The molecule has 7 heteroatoms. The molecule has 1 aliphatic rings. The molecule has 3 aromatic rings. The number of nitrogens with one attached hydrogen (secondary N) is 1. The van der Waals surface area contributed by atoms with Gasteiger partial charge in [0.05, 0.1) is 30.2 Å². The molecule has 7 nitrogen and oxygen atoms in total. The fraction of sp³-hybridized carbons (Fsp3) is 0.333. The molecule has 25 heavy (non-hydrogen) atoms. The monoisotopic (exact) mass is 336 g/mol. The Morgan fingerprint density at radius 2 is 1.96 bits per heavy atom. The van der Waals surface area contributed by atoms with Crippen LogP contribution < -0.4 is 15.0 Å². The van der Waals surface area contributed by atoms with E-state index in [1.54, 1.807) is 12.5 Å². The summed E-state index contributed by atoms with van der Waals surface area (Å²) in [6, 6.07) is 3.90. The largest absolute Gasteiger partial charge is 0.494 e. The number of anilines is 1. The van der Waals surface area contributed by atoms with Gasteiger partial charge in [0.25, 0.3) is 0 Å². The number of nitrogens with zero attached hydrogens (tertiary/aromatic N) is 5. The van der Waals surface area contributed by atoms with Gasteiger partial charge in [-0.3, -0.25) is 4.98 Å². The lowest BCUT2D eigenvalue weighted by Gasteiger charge is -2.28. The summed E-state index contributed by atoms with van der Waals surface area (Å²) in [4.78, 5) is 20.0. The van der Waals surface area contributed by atoms with E-state index in [1.807, 2.05) is 31.5 Å². The maximum Gasteiger partial charge on any atom is 0.147 e. The Morgan fingerprint density at radius 3 is 2.72 bits per heavy atom. The highest BCUT2D eigenvalue weighted by Gasteiger charge is 2.14. The first kappa shape index (κ1) is 15.7. The van der Waals surface area contributed by atoms with E-state index in [4.69, 9.17) is 4.74 Å². The van der Waals surface area contributed by atoms with Gasteiger partial charge in [-0.1, -0.05) is 0 Å². The average Bonchev–Trinajstić information content (AvgIpc) is 2.68. The molecule has 0 spiro atoms. The Hall–Kier alpha value is -2.80. The van der Waals surface area contributed by atoms with Gasteiger partial charge < -0.3 is 15.0 Å². The molecule has 4 rings (SSSR count). The zero-order chi connectivity index (χ0) is 17.1. The Kier molecular flexibility index (Phi) is 4.39. The topological polar surface area (TPSA) is 76.1 Å². The summed E-state index contributed by atoms with van der Waals surface area (Å²) < 4.78 is 5.67. The number of hydrogen-bond donors (Lipinski definition) is 1. The van der Waals surface area contributed by atoms with Crippen molar-refractivity contribution in [3.63, 3.8) is 0 Å². The van der Waals surface area contributed by atoms with Gasteiger partial charge >= 0.3 is 0 Å². The second kappa shape index (κ2) is 6.98. The van der Waals surface area contributed by atoms with E-state index in [2.05, 4.69) is 30.2 Å². The first-order valence-corrected chi connectivity index (χ1v) is 8.50. The number of aromatic nitrogens is 4. The van der Waals surface area contributed by atoms with Crippen LogP contribution in [0.3, 0.4) is 0 Å². The van der Waals surface area contributed by atoms with Crippen LogP contribution in [-0.4, -0.2) is 52.7 Å². The van der Waals surface area contributed by atoms with Gasteiger partial charge in [0.15, 0.2) is 0 Å². The highest BCUT2D eigenvalue weighted by Crippen LogP contribution is 2.30. The highest BCUT2D eigenvalue weighted by atomic mass is 16.5. The Balaban J connectivity index is 1.73. The molecule has 2 aromatic heterocycles. The van der Waals surface area contributed by atoms with Crippen LogP contribution in [0.4, 0.5) is 5.82 Å². The SMILES string of the molecule is CCOc1cc(-c2cnc(N3CCNCC3)cn2)c2cncnc2c1. The van der Waals surface area contributed by atoms with Crippen LogP contribution in [0, 0.1) is 0 Å². The zero-order valence-corrected chi connectivity index (χ0v) is 14.1.